The van der Waals surface area contributed by atoms with Crippen LogP contribution in [-0.2, 0) is 11.2 Å². The van der Waals surface area contributed by atoms with Crippen molar-refractivity contribution in [3.63, 3.8) is 0 Å². The fourth-order valence-electron chi connectivity index (χ4n) is 2.26. The zero-order chi connectivity index (χ0) is 12.1. The molecular weight excluding hydrogens is 212 g/mol. The van der Waals surface area contributed by atoms with Crippen LogP contribution in [0.1, 0.15) is 12.0 Å². The van der Waals surface area contributed by atoms with Crippen molar-refractivity contribution in [2.75, 3.05) is 26.7 Å². The average molecular weight is 232 g/mol. The van der Waals surface area contributed by atoms with Gasteiger partial charge < -0.3 is 10.2 Å². The van der Waals surface area contributed by atoms with Gasteiger partial charge in [0.1, 0.15) is 0 Å². The summed E-state index contributed by atoms with van der Waals surface area (Å²) in [4.78, 5) is 13.9. The molecule has 0 bridgehead atoms. The molecule has 2 rings (SSSR count). The Labute approximate surface area is 103 Å². The number of nitrogens with one attached hydrogen (secondary N) is 1. The number of hydrogen-bond acceptors (Lipinski definition) is 2. The van der Waals surface area contributed by atoms with E-state index in [1.54, 1.807) is 0 Å². The predicted molar refractivity (Wildman–Crippen MR) is 68.8 cm³/mol. The molecule has 92 valence electrons. The summed E-state index contributed by atoms with van der Waals surface area (Å²) in [5.41, 5.74) is 1.09. The van der Waals surface area contributed by atoms with Crippen molar-refractivity contribution in [2.24, 2.45) is 5.92 Å². The quantitative estimate of drug-likeness (QED) is 0.848. The number of hydrogen-bond donors (Lipinski definition) is 1. The van der Waals surface area contributed by atoms with Gasteiger partial charge in [-0.15, -0.1) is 0 Å². The van der Waals surface area contributed by atoms with Gasteiger partial charge in [0, 0.05) is 13.6 Å². The molecule has 3 nitrogen and oxygen atoms in total. The summed E-state index contributed by atoms with van der Waals surface area (Å²) >= 11 is 0. The van der Waals surface area contributed by atoms with Gasteiger partial charge in [0.05, 0.1) is 6.42 Å². The van der Waals surface area contributed by atoms with Crippen LogP contribution in [0.25, 0.3) is 0 Å². The summed E-state index contributed by atoms with van der Waals surface area (Å²) in [5.74, 6) is 0.836. The number of nitrogens with zero attached hydrogens (tertiary/aromatic N) is 1. The summed E-state index contributed by atoms with van der Waals surface area (Å²) in [6, 6.07) is 9.93. The Hall–Kier alpha value is -1.35. The number of carbonyl (C=O) groups excluding carboxylic acids is 1. The molecule has 1 N–H and O–H groups in total. The van der Waals surface area contributed by atoms with Crippen LogP contribution < -0.4 is 5.32 Å². The second kappa shape index (κ2) is 5.82. The van der Waals surface area contributed by atoms with Crippen molar-refractivity contribution in [1.82, 2.24) is 10.2 Å². The second-order valence-electron chi connectivity index (χ2n) is 4.80. The first kappa shape index (κ1) is 12.1. The molecule has 1 fully saturated rings. The fourth-order valence-corrected chi connectivity index (χ4v) is 2.26. The van der Waals surface area contributed by atoms with Crippen LogP contribution in [0.15, 0.2) is 30.3 Å². The van der Waals surface area contributed by atoms with Gasteiger partial charge in [0.2, 0.25) is 5.91 Å². The highest BCUT2D eigenvalue weighted by Gasteiger charge is 2.18. The van der Waals surface area contributed by atoms with E-state index < -0.39 is 0 Å². The van der Waals surface area contributed by atoms with E-state index in [0.29, 0.717) is 12.3 Å². The highest BCUT2D eigenvalue weighted by atomic mass is 16.2. The normalized spacial score (nSPS) is 19.2. The maximum atomic E-state index is 12.0. The molecule has 1 aromatic rings. The first-order valence-electron chi connectivity index (χ1n) is 6.24. The first-order chi connectivity index (χ1) is 8.25. The number of amides is 1. The van der Waals surface area contributed by atoms with Crippen LogP contribution in [0.2, 0.25) is 0 Å². The zero-order valence-electron chi connectivity index (χ0n) is 10.4. The van der Waals surface area contributed by atoms with E-state index in [4.69, 9.17) is 0 Å². The summed E-state index contributed by atoms with van der Waals surface area (Å²) in [6.45, 7) is 3.01. The third-order valence-corrected chi connectivity index (χ3v) is 3.32. The molecule has 1 amide bonds. The van der Waals surface area contributed by atoms with E-state index in [2.05, 4.69) is 5.32 Å². The van der Waals surface area contributed by atoms with Gasteiger partial charge in [0.15, 0.2) is 0 Å². The first-order valence-corrected chi connectivity index (χ1v) is 6.24. The van der Waals surface area contributed by atoms with Gasteiger partial charge in [-0.05, 0) is 31.0 Å². The molecule has 1 heterocycles. The van der Waals surface area contributed by atoms with E-state index in [-0.39, 0.29) is 5.91 Å². The molecule has 17 heavy (non-hydrogen) atoms. The Bertz CT molecular complexity index is 358. The number of carbonyl (C=O) groups is 1. The summed E-state index contributed by atoms with van der Waals surface area (Å²) in [5, 5.41) is 3.33. The van der Waals surface area contributed by atoms with Gasteiger partial charge in [-0.2, -0.15) is 0 Å². The molecule has 0 spiro atoms. The molecule has 0 radical (unpaired) electrons. The van der Waals surface area contributed by atoms with Crippen molar-refractivity contribution in [1.29, 1.82) is 0 Å². The third-order valence-electron chi connectivity index (χ3n) is 3.32. The Morgan fingerprint density at radius 1 is 1.41 bits per heavy atom. The highest BCUT2D eigenvalue weighted by molar-refractivity contribution is 5.78. The topological polar surface area (TPSA) is 32.3 Å². The van der Waals surface area contributed by atoms with E-state index in [0.717, 1.165) is 25.2 Å². The SMILES string of the molecule is CN(CC1CCNC1)C(=O)Cc1ccccc1. The maximum Gasteiger partial charge on any atom is 0.226 e. The van der Waals surface area contributed by atoms with Crippen LogP contribution in [-0.4, -0.2) is 37.5 Å². The monoisotopic (exact) mass is 232 g/mol. The lowest BCUT2D eigenvalue weighted by Gasteiger charge is -2.20. The van der Waals surface area contributed by atoms with Crippen molar-refractivity contribution in [3.8, 4) is 0 Å². The van der Waals surface area contributed by atoms with E-state index >= 15 is 0 Å². The lowest BCUT2D eigenvalue weighted by atomic mass is 10.1. The molecule has 1 aliphatic heterocycles. The van der Waals surface area contributed by atoms with Crippen LogP contribution in [0.5, 0.6) is 0 Å². The molecule has 1 unspecified atom stereocenters. The molecule has 1 saturated heterocycles. The lowest BCUT2D eigenvalue weighted by molar-refractivity contribution is -0.129. The lowest BCUT2D eigenvalue weighted by Crippen LogP contribution is -2.33. The number of likely N-dealkylation sites (N-methyl/N-ethyl adjacent to an activating group) is 1. The van der Waals surface area contributed by atoms with Crippen LogP contribution in [0.4, 0.5) is 0 Å². The largest absolute Gasteiger partial charge is 0.345 e. The Balaban J connectivity index is 1.82. The minimum atomic E-state index is 0.211. The summed E-state index contributed by atoms with van der Waals surface area (Å²) in [7, 11) is 1.91. The van der Waals surface area contributed by atoms with Gasteiger partial charge in [-0.25, -0.2) is 0 Å². The molecule has 3 heteroatoms. The average Bonchev–Trinajstić information content (AvgIpc) is 2.83. The van der Waals surface area contributed by atoms with Gasteiger partial charge >= 0.3 is 0 Å². The number of rotatable bonds is 4. The van der Waals surface area contributed by atoms with Crippen molar-refractivity contribution < 1.29 is 4.79 Å². The smallest absolute Gasteiger partial charge is 0.226 e. The van der Waals surface area contributed by atoms with Crippen LogP contribution in [0, 0.1) is 5.92 Å². The number of benzene rings is 1. The van der Waals surface area contributed by atoms with E-state index in [9.17, 15) is 4.79 Å². The highest BCUT2D eigenvalue weighted by Crippen LogP contribution is 2.10. The molecule has 1 atom stereocenters. The summed E-state index contributed by atoms with van der Waals surface area (Å²) < 4.78 is 0. The molecule has 1 aliphatic rings. The van der Waals surface area contributed by atoms with Gasteiger partial charge in [-0.1, -0.05) is 30.3 Å². The minimum Gasteiger partial charge on any atom is -0.345 e. The fraction of sp³-hybridized carbons (Fsp3) is 0.500. The Morgan fingerprint density at radius 2 is 2.18 bits per heavy atom. The molecule has 0 saturated carbocycles. The molecule has 0 aliphatic carbocycles. The minimum absolute atomic E-state index is 0.211. The summed E-state index contributed by atoms with van der Waals surface area (Å²) in [6.07, 6.45) is 1.69. The van der Waals surface area contributed by atoms with Crippen LogP contribution >= 0.6 is 0 Å². The van der Waals surface area contributed by atoms with Crippen molar-refractivity contribution in [2.45, 2.75) is 12.8 Å². The molecule has 0 aromatic heterocycles. The Morgan fingerprint density at radius 3 is 2.82 bits per heavy atom. The molecular formula is C14H20N2O. The Kier molecular flexibility index (Phi) is 4.15. The maximum absolute atomic E-state index is 12.0. The standard InChI is InChI=1S/C14H20N2O/c1-16(11-13-7-8-15-10-13)14(17)9-12-5-3-2-4-6-12/h2-6,13,15H,7-11H2,1H3. The zero-order valence-corrected chi connectivity index (χ0v) is 10.4. The van der Waals surface area contributed by atoms with Gasteiger partial charge in [0.25, 0.3) is 0 Å². The van der Waals surface area contributed by atoms with E-state index in [1.165, 1.54) is 6.42 Å². The second-order valence-corrected chi connectivity index (χ2v) is 4.80. The van der Waals surface area contributed by atoms with E-state index in [1.807, 2.05) is 42.3 Å². The van der Waals surface area contributed by atoms with Gasteiger partial charge in [-0.3, -0.25) is 4.79 Å². The van der Waals surface area contributed by atoms with Crippen LogP contribution in [0.3, 0.4) is 0 Å². The van der Waals surface area contributed by atoms with Crippen molar-refractivity contribution >= 4 is 5.91 Å². The third kappa shape index (κ3) is 3.56. The van der Waals surface area contributed by atoms with Crippen molar-refractivity contribution in [3.05, 3.63) is 35.9 Å². The molecule has 1 aromatic carbocycles. The predicted octanol–water partition coefficient (Wildman–Crippen LogP) is 1.30.